The highest BCUT2D eigenvalue weighted by Crippen LogP contribution is 2.26. The fourth-order valence-corrected chi connectivity index (χ4v) is 3.15. The van der Waals surface area contributed by atoms with Gasteiger partial charge in [0.15, 0.2) is 0 Å². The molecular formula is C24H31NO5. The summed E-state index contributed by atoms with van der Waals surface area (Å²) in [5.41, 5.74) is 1.71. The number of aliphatic hydroxyl groups excluding tert-OH is 1. The van der Waals surface area contributed by atoms with Crippen molar-refractivity contribution in [3.05, 3.63) is 71.8 Å². The molecular weight excluding hydrogens is 382 g/mol. The Labute approximate surface area is 178 Å². The Morgan fingerprint density at radius 1 is 1.00 bits per heavy atom. The van der Waals surface area contributed by atoms with Crippen LogP contribution in [0.3, 0.4) is 0 Å². The lowest BCUT2D eigenvalue weighted by atomic mass is 10.0. The van der Waals surface area contributed by atoms with Crippen molar-refractivity contribution in [2.24, 2.45) is 0 Å². The number of carbonyl (C=O) groups is 2. The Hall–Kier alpha value is -2.86. The van der Waals surface area contributed by atoms with E-state index in [0.717, 1.165) is 24.0 Å². The van der Waals surface area contributed by atoms with Crippen molar-refractivity contribution in [2.75, 3.05) is 13.2 Å². The first-order valence-electron chi connectivity index (χ1n) is 10.4. The first kappa shape index (κ1) is 23.4. The van der Waals surface area contributed by atoms with E-state index in [0.29, 0.717) is 0 Å². The van der Waals surface area contributed by atoms with Gasteiger partial charge in [-0.15, -0.1) is 0 Å². The summed E-state index contributed by atoms with van der Waals surface area (Å²) >= 11 is 0. The van der Waals surface area contributed by atoms with Crippen LogP contribution in [0.2, 0.25) is 0 Å². The number of carbonyl (C=O) groups excluding carboxylic acids is 2. The first-order chi connectivity index (χ1) is 14.6. The van der Waals surface area contributed by atoms with Gasteiger partial charge in [-0.1, -0.05) is 74.0 Å². The molecule has 2 rings (SSSR count). The van der Waals surface area contributed by atoms with Crippen molar-refractivity contribution in [2.45, 2.75) is 51.8 Å². The standard InChI is InChI=1S/C24H31NO5/c1-3-4-17-29-23(27)22(15-16-26)25(19(2)21-13-9-6-10-14-21)24(28)30-18-20-11-7-5-8-12-20/h5-14,19,22,26H,3-4,15-18H2,1-2H3/t19-,22+/m1/s1. The third kappa shape index (κ3) is 6.88. The smallest absolute Gasteiger partial charge is 0.411 e. The van der Waals surface area contributed by atoms with Crippen LogP contribution in [-0.2, 0) is 20.9 Å². The predicted molar refractivity (Wildman–Crippen MR) is 115 cm³/mol. The maximum atomic E-state index is 13.1. The zero-order valence-corrected chi connectivity index (χ0v) is 17.7. The van der Waals surface area contributed by atoms with Crippen LogP contribution in [-0.4, -0.2) is 41.3 Å². The van der Waals surface area contributed by atoms with E-state index in [-0.39, 0.29) is 26.2 Å². The van der Waals surface area contributed by atoms with E-state index < -0.39 is 24.1 Å². The molecule has 0 bridgehead atoms. The van der Waals surface area contributed by atoms with E-state index in [1.54, 1.807) is 0 Å². The summed E-state index contributed by atoms with van der Waals surface area (Å²) in [4.78, 5) is 27.3. The molecule has 0 aliphatic rings. The molecule has 30 heavy (non-hydrogen) atoms. The summed E-state index contributed by atoms with van der Waals surface area (Å²) in [6.07, 6.45) is 1.08. The molecule has 2 aromatic rings. The summed E-state index contributed by atoms with van der Waals surface area (Å²) < 4.78 is 10.9. The van der Waals surface area contributed by atoms with Crippen LogP contribution in [0.4, 0.5) is 4.79 Å². The van der Waals surface area contributed by atoms with Gasteiger partial charge in [0.1, 0.15) is 12.6 Å². The number of aliphatic hydroxyl groups is 1. The highest BCUT2D eigenvalue weighted by Gasteiger charge is 2.36. The number of amides is 1. The van der Waals surface area contributed by atoms with Crippen molar-refractivity contribution in [1.82, 2.24) is 4.90 Å². The highest BCUT2D eigenvalue weighted by molar-refractivity contribution is 5.81. The molecule has 1 N–H and O–H groups in total. The van der Waals surface area contributed by atoms with Gasteiger partial charge >= 0.3 is 12.1 Å². The molecule has 0 aromatic heterocycles. The summed E-state index contributed by atoms with van der Waals surface area (Å²) in [5.74, 6) is -0.531. The third-order valence-corrected chi connectivity index (χ3v) is 4.87. The Morgan fingerprint density at radius 2 is 1.63 bits per heavy atom. The van der Waals surface area contributed by atoms with Crippen molar-refractivity contribution in [1.29, 1.82) is 0 Å². The van der Waals surface area contributed by atoms with Crippen LogP contribution in [0.25, 0.3) is 0 Å². The van der Waals surface area contributed by atoms with E-state index in [4.69, 9.17) is 9.47 Å². The van der Waals surface area contributed by atoms with E-state index >= 15 is 0 Å². The second-order valence-corrected chi connectivity index (χ2v) is 7.08. The van der Waals surface area contributed by atoms with Gasteiger partial charge in [0.2, 0.25) is 0 Å². The molecule has 2 aromatic carbocycles. The molecule has 162 valence electrons. The van der Waals surface area contributed by atoms with Gasteiger partial charge in [0, 0.05) is 13.0 Å². The number of hydrogen-bond donors (Lipinski definition) is 1. The maximum Gasteiger partial charge on any atom is 0.411 e. The van der Waals surface area contributed by atoms with Gasteiger partial charge < -0.3 is 14.6 Å². The third-order valence-electron chi connectivity index (χ3n) is 4.87. The molecule has 2 atom stereocenters. The van der Waals surface area contributed by atoms with Crippen molar-refractivity contribution in [3.63, 3.8) is 0 Å². The fraction of sp³-hybridized carbons (Fsp3) is 0.417. The number of rotatable bonds is 11. The Kier molecular flexibility index (Phi) is 9.87. The summed E-state index contributed by atoms with van der Waals surface area (Å²) in [6, 6.07) is 17.4. The number of benzene rings is 2. The lowest BCUT2D eigenvalue weighted by Gasteiger charge is -2.34. The van der Waals surface area contributed by atoms with Gasteiger partial charge in [-0.2, -0.15) is 0 Å². The van der Waals surface area contributed by atoms with Crippen LogP contribution in [0.15, 0.2) is 60.7 Å². The van der Waals surface area contributed by atoms with E-state index in [2.05, 4.69) is 0 Å². The first-order valence-corrected chi connectivity index (χ1v) is 10.4. The summed E-state index contributed by atoms with van der Waals surface area (Å²) in [7, 11) is 0. The van der Waals surface area contributed by atoms with E-state index in [1.165, 1.54) is 4.90 Å². The molecule has 0 saturated heterocycles. The quantitative estimate of drug-likeness (QED) is 0.434. The van der Waals surface area contributed by atoms with E-state index in [9.17, 15) is 14.7 Å². The van der Waals surface area contributed by atoms with Crippen LogP contribution in [0.5, 0.6) is 0 Å². The van der Waals surface area contributed by atoms with Crippen LogP contribution < -0.4 is 0 Å². The van der Waals surface area contributed by atoms with Gasteiger partial charge in [-0.3, -0.25) is 4.90 Å². The number of unbranched alkanes of at least 4 members (excludes halogenated alkanes) is 1. The lowest BCUT2D eigenvalue weighted by Crippen LogP contribution is -2.48. The average molecular weight is 414 g/mol. The molecule has 0 radical (unpaired) electrons. The SMILES string of the molecule is CCCCOC(=O)[C@H](CCO)N(C(=O)OCc1ccccc1)[C@H](C)c1ccccc1. The van der Waals surface area contributed by atoms with Crippen LogP contribution in [0.1, 0.15) is 50.3 Å². The molecule has 0 aliphatic carbocycles. The Balaban J connectivity index is 2.25. The molecule has 0 heterocycles. The van der Waals surface area contributed by atoms with E-state index in [1.807, 2.05) is 74.5 Å². The topological polar surface area (TPSA) is 76.1 Å². The number of ether oxygens (including phenoxy) is 2. The van der Waals surface area contributed by atoms with Gasteiger partial charge in [0.05, 0.1) is 12.6 Å². The molecule has 0 spiro atoms. The summed E-state index contributed by atoms with van der Waals surface area (Å²) in [5, 5.41) is 9.56. The fourth-order valence-electron chi connectivity index (χ4n) is 3.15. The molecule has 6 nitrogen and oxygen atoms in total. The predicted octanol–water partition coefficient (Wildman–Crippen LogP) is 4.48. The van der Waals surface area contributed by atoms with Crippen molar-refractivity contribution in [3.8, 4) is 0 Å². The maximum absolute atomic E-state index is 13.1. The molecule has 6 heteroatoms. The average Bonchev–Trinajstić information content (AvgIpc) is 2.78. The zero-order valence-electron chi connectivity index (χ0n) is 17.7. The number of nitrogens with zero attached hydrogens (tertiary/aromatic N) is 1. The second-order valence-electron chi connectivity index (χ2n) is 7.08. The lowest BCUT2D eigenvalue weighted by molar-refractivity contribution is -0.151. The zero-order chi connectivity index (χ0) is 21.8. The normalized spacial score (nSPS) is 12.6. The van der Waals surface area contributed by atoms with Crippen LogP contribution >= 0.6 is 0 Å². The number of esters is 1. The number of hydrogen-bond acceptors (Lipinski definition) is 5. The molecule has 0 unspecified atom stereocenters. The minimum absolute atomic E-state index is 0.0720. The Morgan fingerprint density at radius 3 is 2.23 bits per heavy atom. The largest absolute Gasteiger partial charge is 0.464 e. The highest BCUT2D eigenvalue weighted by atomic mass is 16.6. The molecule has 0 aliphatic heterocycles. The molecule has 0 fully saturated rings. The second kappa shape index (κ2) is 12.6. The molecule has 0 saturated carbocycles. The van der Waals surface area contributed by atoms with Gasteiger partial charge in [0.25, 0.3) is 0 Å². The van der Waals surface area contributed by atoms with Gasteiger partial charge in [-0.25, -0.2) is 9.59 Å². The molecule has 1 amide bonds. The summed E-state index contributed by atoms with van der Waals surface area (Å²) in [6.45, 7) is 3.96. The van der Waals surface area contributed by atoms with Gasteiger partial charge in [-0.05, 0) is 24.5 Å². The minimum Gasteiger partial charge on any atom is -0.464 e. The minimum atomic E-state index is -0.940. The van der Waals surface area contributed by atoms with Crippen molar-refractivity contribution < 1.29 is 24.2 Å². The van der Waals surface area contributed by atoms with Crippen LogP contribution in [0, 0.1) is 0 Å². The monoisotopic (exact) mass is 413 g/mol. The van der Waals surface area contributed by atoms with Crippen molar-refractivity contribution >= 4 is 12.1 Å². The Bertz CT molecular complexity index is 766.